The molecular weight excluding hydrogens is 1200 g/mol. The van der Waals surface area contributed by atoms with E-state index >= 15 is 0 Å². The highest BCUT2D eigenvalue weighted by Crippen LogP contribution is 2.37. The van der Waals surface area contributed by atoms with Crippen molar-refractivity contribution >= 4 is 119 Å². The number of aliphatic imine (C=N–C) groups is 2. The van der Waals surface area contributed by atoms with Gasteiger partial charge in [-0.15, -0.1) is 0 Å². The van der Waals surface area contributed by atoms with Gasteiger partial charge in [-0.05, 0) is 154 Å². The summed E-state index contributed by atoms with van der Waals surface area (Å²) in [5, 5.41) is 17.8. The number of nitrogens with zero attached hydrogens (tertiary/aromatic N) is 5. The molecule has 4 N–H and O–H groups in total. The minimum Gasteiger partial charge on any atom is -0.475 e. The summed E-state index contributed by atoms with van der Waals surface area (Å²) in [6.45, 7) is 3.83. The Bertz CT molecular complexity index is 3250. The highest BCUT2D eigenvalue weighted by molar-refractivity contribution is 7.89. The fraction of sp³-hybridized carbons (Fsp3) is 0.404. The van der Waals surface area contributed by atoms with Gasteiger partial charge < -0.3 is 26.0 Å². The van der Waals surface area contributed by atoms with Crippen molar-refractivity contribution in [1.82, 2.24) is 29.5 Å². The number of carboxylic acid groups (broad SMARTS) is 1. The number of likely N-dealkylation sites (tertiary alicyclic amines) is 1. The minimum atomic E-state index is -5.08. The number of carboxylic acids is 1. The van der Waals surface area contributed by atoms with E-state index in [-0.39, 0.29) is 65.5 Å². The smallest absolute Gasteiger partial charge is 0.475 e. The van der Waals surface area contributed by atoms with Crippen LogP contribution >= 0.6 is 58.0 Å². The lowest BCUT2D eigenvalue weighted by molar-refractivity contribution is -0.192. The Kier molecular flexibility index (Phi) is 20.6. The summed E-state index contributed by atoms with van der Waals surface area (Å²) in [5.41, 5.74) is -0.765. The van der Waals surface area contributed by atoms with Gasteiger partial charge in [-0.3, -0.25) is 29.2 Å². The van der Waals surface area contributed by atoms with E-state index in [2.05, 4.69) is 16.0 Å². The van der Waals surface area contributed by atoms with Gasteiger partial charge in [0.2, 0.25) is 20.0 Å². The monoisotopic (exact) mass is 1250 g/mol. The SMILES string of the molecule is O=C(Cl)c1ccc(Cl)cc1.O=C(O)C(F)(F)F.O=C(c1ccc(Cl)cc1)N1CCCC(C2=NC3(CCN(S(=O)(=O)c4cccc(Cl)c4)CC3)C(=O)N2)C1.O=C1NC(C2CCCNC2)=NC12CCN(S(=O)(=O)c1cccc(Cl)c1)CC2. The quantitative estimate of drug-likeness (QED) is 0.122. The van der Waals surface area contributed by atoms with E-state index in [0.717, 1.165) is 44.6 Å². The Hall–Kier alpha value is -5.21. The Morgan fingerprint density at radius 2 is 1.04 bits per heavy atom. The van der Waals surface area contributed by atoms with Crippen LogP contribution in [0.1, 0.15) is 72.1 Å². The molecule has 4 aromatic carbocycles. The number of carbonyl (C=O) groups excluding carboxylic acids is 4. The van der Waals surface area contributed by atoms with Crippen molar-refractivity contribution in [3.8, 4) is 0 Å². The second kappa shape index (κ2) is 26.4. The third-order valence-corrected chi connectivity index (χ3v) is 19.1. The van der Waals surface area contributed by atoms with Crippen LogP contribution in [0.4, 0.5) is 13.2 Å². The second-order valence-corrected chi connectivity index (χ2v) is 25.4. The van der Waals surface area contributed by atoms with Gasteiger partial charge in [-0.25, -0.2) is 21.6 Å². The molecule has 430 valence electrons. The molecule has 6 aliphatic rings. The number of nitrogens with one attached hydrogen (secondary N) is 3. The van der Waals surface area contributed by atoms with E-state index in [1.165, 1.54) is 26.8 Å². The van der Waals surface area contributed by atoms with Crippen LogP contribution in [0.2, 0.25) is 20.1 Å². The number of carbonyl (C=O) groups is 5. The van der Waals surface area contributed by atoms with Gasteiger partial charge in [0.1, 0.15) is 22.7 Å². The standard InChI is InChI=1S/C25H26Cl2N4O4S.C18H23ClN4O3S.C7H4Cl2O.C2HF3O2/c26-19-8-6-17(7-9-19)23(32)30-12-2-3-18(16-30)22-28-24(33)25(29-22)10-13-31(14-11-25)36(34,35)21-5-1-4-20(27)15-21;19-14-4-1-5-15(11-14)27(25,26)23-9-6-18(7-10-23)17(24)21-16(22-18)13-3-2-8-20-12-13;8-6-3-1-5(2-4-6)7(9)10;3-2(4,5)1(6)7/h1,4-9,15,18H,2-3,10-14,16H2,(H,28,29,33);1,4-5,11,13,20H,2-3,6-10,12H2,(H,21,22,24);1-4H;(H,6,7). The van der Waals surface area contributed by atoms with Crippen molar-refractivity contribution in [2.75, 3.05) is 52.4 Å². The van der Waals surface area contributed by atoms with Crippen LogP contribution in [0.15, 0.2) is 117 Å². The molecule has 2 spiro atoms. The largest absolute Gasteiger partial charge is 0.490 e. The molecule has 4 aromatic rings. The molecule has 3 amide bonds. The molecule has 28 heteroatoms. The normalized spacial score (nSPS) is 21.0. The topological polar surface area (TPSA) is 244 Å². The van der Waals surface area contributed by atoms with Crippen LogP contribution in [-0.4, -0.2) is 146 Å². The lowest BCUT2D eigenvalue weighted by Crippen LogP contribution is -2.50. The Balaban J connectivity index is 0.000000183. The number of amides is 3. The predicted molar refractivity (Wildman–Crippen MR) is 297 cm³/mol. The Morgan fingerprint density at radius 1 is 0.613 bits per heavy atom. The van der Waals surface area contributed by atoms with Crippen molar-refractivity contribution in [3.05, 3.63) is 128 Å². The predicted octanol–water partition coefficient (Wildman–Crippen LogP) is 8.34. The number of alkyl halides is 3. The molecule has 80 heavy (non-hydrogen) atoms. The van der Waals surface area contributed by atoms with Crippen LogP contribution in [0.5, 0.6) is 0 Å². The number of halogens is 8. The average molecular weight is 1250 g/mol. The molecular formula is C52H54Cl5F3N8O10S2. The summed E-state index contributed by atoms with van der Waals surface area (Å²) in [4.78, 5) is 69.7. The summed E-state index contributed by atoms with van der Waals surface area (Å²) < 4.78 is 86.4. The molecule has 4 saturated heterocycles. The van der Waals surface area contributed by atoms with Gasteiger partial charge >= 0.3 is 12.1 Å². The van der Waals surface area contributed by atoms with E-state index in [1.807, 2.05) is 0 Å². The van der Waals surface area contributed by atoms with Crippen LogP contribution in [-0.2, 0) is 34.4 Å². The second-order valence-electron chi connectivity index (χ2n) is 19.4. The van der Waals surface area contributed by atoms with Gasteiger partial charge in [-0.2, -0.15) is 21.8 Å². The molecule has 0 aliphatic carbocycles. The average Bonchev–Trinajstić information content (AvgIpc) is 4.13. The first-order valence-corrected chi connectivity index (χ1v) is 29.8. The van der Waals surface area contributed by atoms with Crippen LogP contribution in [0, 0.1) is 11.8 Å². The molecule has 0 radical (unpaired) electrons. The van der Waals surface area contributed by atoms with Gasteiger partial charge in [0.15, 0.2) is 0 Å². The Morgan fingerprint density at radius 3 is 1.44 bits per heavy atom. The van der Waals surface area contributed by atoms with E-state index < -0.39 is 48.5 Å². The fourth-order valence-corrected chi connectivity index (χ4v) is 13.6. The zero-order chi connectivity index (χ0) is 58.2. The molecule has 2 unspecified atom stereocenters. The summed E-state index contributed by atoms with van der Waals surface area (Å²) in [6, 6.07) is 25.7. The Labute approximate surface area is 485 Å². The molecule has 0 aromatic heterocycles. The lowest BCUT2D eigenvalue weighted by atomic mass is 9.89. The van der Waals surface area contributed by atoms with Crippen molar-refractivity contribution in [2.45, 2.75) is 78.4 Å². The summed E-state index contributed by atoms with van der Waals surface area (Å²) >= 11 is 28.6. The zero-order valence-electron chi connectivity index (χ0n) is 42.4. The zero-order valence-corrected chi connectivity index (χ0v) is 47.8. The molecule has 2 atom stereocenters. The van der Waals surface area contributed by atoms with Crippen molar-refractivity contribution in [3.63, 3.8) is 0 Å². The highest BCUT2D eigenvalue weighted by Gasteiger charge is 2.50. The van der Waals surface area contributed by atoms with E-state index in [1.54, 1.807) is 83.8 Å². The molecule has 0 saturated carbocycles. The first kappa shape index (κ1) is 62.4. The van der Waals surface area contributed by atoms with Crippen LogP contribution in [0.3, 0.4) is 0 Å². The molecule has 4 fully saturated rings. The number of rotatable bonds is 8. The maximum absolute atomic E-state index is 13.1. The number of aliphatic carboxylic acids is 1. The van der Waals surface area contributed by atoms with E-state index in [9.17, 15) is 49.2 Å². The number of piperidine rings is 4. The number of benzene rings is 4. The van der Waals surface area contributed by atoms with Crippen molar-refractivity contribution in [1.29, 1.82) is 0 Å². The van der Waals surface area contributed by atoms with Crippen LogP contribution < -0.4 is 16.0 Å². The minimum absolute atomic E-state index is 0.0736. The molecule has 6 aliphatic heterocycles. The number of sulfonamides is 2. The first-order valence-electron chi connectivity index (χ1n) is 25.1. The molecule has 18 nitrogen and oxygen atoms in total. The van der Waals surface area contributed by atoms with Gasteiger partial charge in [0.25, 0.3) is 23.0 Å². The van der Waals surface area contributed by atoms with Gasteiger partial charge in [0.05, 0.1) is 9.79 Å². The van der Waals surface area contributed by atoms with E-state index in [0.29, 0.717) is 75.8 Å². The summed E-state index contributed by atoms with van der Waals surface area (Å²) in [6.07, 6.45) is -0.0167. The molecule has 0 bridgehead atoms. The maximum atomic E-state index is 13.1. The molecule has 6 heterocycles. The molecule has 10 rings (SSSR count). The number of hydrogen-bond acceptors (Lipinski definition) is 12. The van der Waals surface area contributed by atoms with Crippen LogP contribution in [0.25, 0.3) is 0 Å². The van der Waals surface area contributed by atoms with Crippen molar-refractivity contribution < 1.29 is 59.1 Å². The third kappa shape index (κ3) is 15.3. The van der Waals surface area contributed by atoms with Gasteiger partial charge in [0, 0.05) is 88.9 Å². The third-order valence-electron chi connectivity index (χ3n) is 14.1. The summed E-state index contributed by atoms with van der Waals surface area (Å²) in [5.74, 6) is -1.61. The number of hydrogen-bond donors (Lipinski definition) is 4. The first-order chi connectivity index (χ1) is 37.7. The van der Waals surface area contributed by atoms with Crippen molar-refractivity contribution in [2.24, 2.45) is 21.8 Å². The summed E-state index contributed by atoms with van der Waals surface area (Å²) in [7, 11) is -7.34. The maximum Gasteiger partial charge on any atom is 0.490 e. The number of amidine groups is 2. The lowest BCUT2D eigenvalue weighted by Gasteiger charge is -2.35. The fourth-order valence-electron chi connectivity index (χ4n) is 9.72. The van der Waals surface area contributed by atoms with Gasteiger partial charge in [-0.1, -0.05) is 58.5 Å². The van der Waals surface area contributed by atoms with E-state index in [4.69, 9.17) is 77.9 Å². The highest BCUT2D eigenvalue weighted by atomic mass is 35.5.